The molecule has 0 saturated carbocycles. The molecule has 0 atom stereocenters. The molecule has 2 aromatic heterocycles. The van der Waals surface area contributed by atoms with Crippen LogP contribution in [0, 0.1) is 0 Å². The molecule has 9 aromatic rings. The van der Waals surface area contributed by atoms with Crippen molar-refractivity contribution in [1.82, 2.24) is 15.0 Å². The van der Waals surface area contributed by atoms with Crippen LogP contribution in [0.5, 0.6) is 0 Å². The van der Waals surface area contributed by atoms with Crippen molar-refractivity contribution in [3.05, 3.63) is 170 Å². The fourth-order valence-electron chi connectivity index (χ4n) is 6.36. The van der Waals surface area contributed by atoms with E-state index in [4.69, 9.17) is 19.4 Å². The minimum Gasteiger partial charge on any atom is -0.454 e. The van der Waals surface area contributed by atoms with E-state index in [9.17, 15) is 0 Å². The number of para-hydroxylation sites is 2. The topological polar surface area (TPSA) is 55.1 Å². The van der Waals surface area contributed by atoms with Crippen LogP contribution in [0.25, 0.3) is 66.9 Å². The van der Waals surface area contributed by atoms with Crippen molar-refractivity contribution in [3.63, 3.8) is 0 Å². The lowest BCUT2D eigenvalue weighted by molar-refractivity contribution is 0.669. The molecule has 0 unspecified atom stereocenters. The Bertz CT molecular complexity index is 2450. The molecule has 7 aromatic carbocycles. The van der Waals surface area contributed by atoms with Crippen LogP contribution in [-0.2, 0) is 0 Å². The van der Waals surface area contributed by atoms with Crippen molar-refractivity contribution >= 4 is 49.8 Å². The normalized spacial score (nSPS) is 11.3. The van der Waals surface area contributed by atoms with Gasteiger partial charge in [0.15, 0.2) is 23.1 Å². The van der Waals surface area contributed by atoms with E-state index >= 15 is 0 Å². The number of furan rings is 1. The Kier molecular flexibility index (Phi) is 6.72. The van der Waals surface area contributed by atoms with E-state index in [0.717, 1.165) is 66.5 Å². The average molecular weight is 617 g/mol. The molecular formula is C43H28N4O. The first-order chi connectivity index (χ1) is 23.8. The molecule has 0 radical (unpaired) electrons. The SMILES string of the molecule is c1ccc(-c2nc(-c3ccccc3)nc(-c3cc(N(c4ccccc4)c4ccccc4)c4oc5cc6ccccc6cc5c4c3)n2)cc1. The van der Waals surface area contributed by atoms with Gasteiger partial charge in [0.1, 0.15) is 5.58 Å². The van der Waals surface area contributed by atoms with Crippen LogP contribution in [-0.4, -0.2) is 15.0 Å². The second-order valence-electron chi connectivity index (χ2n) is 11.7. The van der Waals surface area contributed by atoms with E-state index in [1.807, 2.05) is 72.8 Å². The molecule has 0 amide bonds. The van der Waals surface area contributed by atoms with E-state index in [0.29, 0.717) is 17.5 Å². The summed E-state index contributed by atoms with van der Waals surface area (Å²) in [5, 5.41) is 4.31. The zero-order valence-corrected chi connectivity index (χ0v) is 25.9. The van der Waals surface area contributed by atoms with Crippen LogP contribution in [0.4, 0.5) is 17.1 Å². The van der Waals surface area contributed by atoms with Gasteiger partial charge in [-0.3, -0.25) is 0 Å². The Morgan fingerprint density at radius 3 is 1.40 bits per heavy atom. The molecule has 0 bridgehead atoms. The van der Waals surface area contributed by atoms with E-state index < -0.39 is 0 Å². The van der Waals surface area contributed by atoms with Gasteiger partial charge in [-0.15, -0.1) is 0 Å². The standard InChI is InChI=1S/C43H28N4O/c1-5-15-29(16-6-1)41-44-42(30-17-7-2-8-18-30)46-43(45-41)33-26-37-36-25-31-19-13-14-20-32(31)28-39(36)48-40(37)38(27-33)47(34-21-9-3-10-22-34)35-23-11-4-12-24-35/h1-28H. The number of aromatic nitrogens is 3. The lowest BCUT2D eigenvalue weighted by atomic mass is 10.0. The minimum atomic E-state index is 0.585. The van der Waals surface area contributed by atoms with Crippen molar-refractivity contribution in [3.8, 4) is 34.2 Å². The van der Waals surface area contributed by atoms with E-state index in [1.54, 1.807) is 0 Å². The lowest BCUT2D eigenvalue weighted by Crippen LogP contribution is -2.10. The van der Waals surface area contributed by atoms with Gasteiger partial charge < -0.3 is 9.32 Å². The number of benzene rings is 7. The van der Waals surface area contributed by atoms with Crippen molar-refractivity contribution in [2.45, 2.75) is 0 Å². The Morgan fingerprint density at radius 2 is 0.854 bits per heavy atom. The summed E-state index contributed by atoms with van der Waals surface area (Å²) >= 11 is 0. The molecule has 5 heteroatoms. The Balaban J connectivity index is 1.37. The molecule has 48 heavy (non-hydrogen) atoms. The van der Waals surface area contributed by atoms with E-state index in [1.165, 1.54) is 0 Å². The zero-order valence-electron chi connectivity index (χ0n) is 25.9. The van der Waals surface area contributed by atoms with Gasteiger partial charge in [-0.2, -0.15) is 0 Å². The highest BCUT2D eigenvalue weighted by molar-refractivity contribution is 6.15. The molecule has 0 aliphatic rings. The molecule has 0 spiro atoms. The van der Waals surface area contributed by atoms with Crippen molar-refractivity contribution in [1.29, 1.82) is 0 Å². The number of nitrogens with zero attached hydrogens (tertiary/aromatic N) is 4. The van der Waals surface area contributed by atoms with Gasteiger partial charge in [-0.25, -0.2) is 15.0 Å². The quantitative estimate of drug-likeness (QED) is 0.186. The van der Waals surface area contributed by atoms with Gasteiger partial charge in [-0.1, -0.05) is 121 Å². The largest absolute Gasteiger partial charge is 0.454 e. The molecule has 2 heterocycles. The molecule has 0 N–H and O–H groups in total. The fourth-order valence-corrected chi connectivity index (χ4v) is 6.36. The summed E-state index contributed by atoms with van der Waals surface area (Å²) < 4.78 is 6.80. The number of rotatable bonds is 6. The van der Waals surface area contributed by atoms with Crippen molar-refractivity contribution in [2.24, 2.45) is 0 Å². The van der Waals surface area contributed by atoms with Gasteiger partial charge in [-0.05, 0) is 59.3 Å². The number of fused-ring (bicyclic) bond motifs is 4. The summed E-state index contributed by atoms with van der Waals surface area (Å²) in [6, 6.07) is 58.0. The highest BCUT2D eigenvalue weighted by Crippen LogP contribution is 2.45. The third-order valence-electron chi connectivity index (χ3n) is 8.65. The predicted octanol–water partition coefficient (Wildman–Crippen LogP) is 11.4. The Morgan fingerprint density at radius 1 is 0.396 bits per heavy atom. The summed E-state index contributed by atoms with van der Waals surface area (Å²) in [5.41, 5.74) is 7.25. The molecule has 0 aliphatic carbocycles. The summed E-state index contributed by atoms with van der Waals surface area (Å²) in [5.74, 6) is 1.82. The maximum absolute atomic E-state index is 6.80. The van der Waals surface area contributed by atoms with E-state index in [-0.39, 0.29) is 0 Å². The van der Waals surface area contributed by atoms with Crippen LogP contribution in [0.15, 0.2) is 174 Å². The third-order valence-corrected chi connectivity index (χ3v) is 8.65. The van der Waals surface area contributed by atoms with Gasteiger partial charge >= 0.3 is 0 Å². The van der Waals surface area contributed by atoms with Crippen molar-refractivity contribution in [2.75, 3.05) is 4.90 Å². The predicted molar refractivity (Wildman–Crippen MR) is 196 cm³/mol. The molecule has 0 aliphatic heterocycles. The van der Waals surface area contributed by atoms with E-state index in [2.05, 4.69) is 102 Å². The average Bonchev–Trinajstić information content (AvgIpc) is 3.53. The van der Waals surface area contributed by atoms with Crippen LogP contribution >= 0.6 is 0 Å². The summed E-state index contributed by atoms with van der Waals surface area (Å²) in [7, 11) is 0. The van der Waals surface area contributed by atoms with Crippen LogP contribution in [0.1, 0.15) is 0 Å². The van der Waals surface area contributed by atoms with Crippen LogP contribution < -0.4 is 4.90 Å². The van der Waals surface area contributed by atoms with Crippen LogP contribution in [0.2, 0.25) is 0 Å². The number of hydrogen-bond donors (Lipinski definition) is 0. The maximum Gasteiger partial charge on any atom is 0.164 e. The molecular weight excluding hydrogens is 589 g/mol. The molecule has 5 nitrogen and oxygen atoms in total. The summed E-state index contributed by atoms with van der Waals surface area (Å²) in [4.78, 5) is 17.4. The maximum atomic E-state index is 6.80. The third kappa shape index (κ3) is 4.95. The van der Waals surface area contributed by atoms with Crippen LogP contribution in [0.3, 0.4) is 0 Å². The highest BCUT2D eigenvalue weighted by atomic mass is 16.3. The first-order valence-corrected chi connectivity index (χ1v) is 16.0. The summed E-state index contributed by atoms with van der Waals surface area (Å²) in [6.07, 6.45) is 0. The van der Waals surface area contributed by atoms with Gasteiger partial charge in [0.25, 0.3) is 0 Å². The molecule has 0 saturated heterocycles. The minimum absolute atomic E-state index is 0.585. The van der Waals surface area contributed by atoms with Crippen molar-refractivity contribution < 1.29 is 4.42 Å². The Hall–Kier alpha value is -6.59. The van der Waals surface area contributed by atoms with Gasteiger partial charge in [0.2, 0.25) is 0 Å². The van der Waals surface area contributed by atoms with Gasteiger partial charge in [0, 0.05) is 38.8 Å². The molecule has 9 rings (SSSR count). The monoisotopic (exact) mass is 616 g/mol. The first kappa shape index (κ1) is 27.7. The first-order valence-electron chi connectivity index (χ1n) is 16.0. The molecule has 0 fully saturated rings. The lowest BCUT2D eigenvalue weighted by Gasteiger charge is -2.26. The summed E-state index contributed by atoms with van der Waals surface area (Å²) in [6.45, 7) is 0. The Labute approximate surface area is 277 Å². The smallest absolute Gasteiger partial charge is 0.164 e. The fraction of sp³-hybridized carbons (Fsp3) is 0. The number of anilines is 3. The second kappa shape index (κ2) is 11.6. The number of hydrogen-bond acceptors (Lipinski definition) is 5. The van der Waals surface area contributed by atoms with Gasteiger partial charge in [0.05, 0.1) is 5.69 Å². The zero-order chi connectivity index (χ0) is 31.9. The molecule has 226 valence electrons. The highest BCUT2D eigenvalue weighted by Gasteiger charge is 2.23. The second-order valence-corrected chi connectivity index (χ2v) is 11.7.